The molecule has 0 bridgehead atoms. The Morgan fingerprint density at radius 1 is 0.330 bits per heavy atom. The summed E-state index contributed by atoms with van der Waals surface area (Å²) in [5.74, 6) is 0. The first-order chi connectivity index (χ1) is 46.2. The zero-order chi connectivity index (χ0) is 78.6. The summed E-state index contributed by atoms with van der Waals surface area (Å²) in [7, 11) is 42.9. The summed E-state index contributed by atoms with van der Waals surface area (Å²) < 4.78 is 156. The highest BCUT2D eigenvalue weighted by Gasteiger charge is 2.47. The molecule has 0 spiro atoms. The number of hydrogen-bond acceptors (Lipinski definition) is 25. The number of hydrogen-bond donors (Lipinski definition) is 0. The Bertz CT molecular complexity index is 1940. The third-order valence-corrected chi connectivity index (χ3v) is 18.8. The molecule has 50 heteroatoms. The Morgan fingerprint density at radius 2 is 0.495 bits per heavy atom. The van der Waals surface area contributed by atoms with Crippen molar-refractivity contribution < 1.29 is 106 Å². The quantitative estimate of drug-likeness (QED) is 0.0607. The van der Waals surface area contributed by atoms with E-state index in [2.05, 4.69) is 134 Å². The number of methoxy groups -OCH3 is 2. The monoisotopic (exact) mass is 1960 g/mol. The van der Waals surface area contributed by atoms with Crippen molar-refractivity contribution in [1.29, 1.82) is 0 Å². The Balaban J connectivity index is -0.000000153. The highest BCUT2D eigenvalue weighted by molar-refractivity contribution is 8.67. The minimum absolute atomic E-state index is 0. The van der Waals surface area contributed by atoms with Crippen LogP contribution < -0.4 is 0 Å². The molecule has 0 aromatic carbocycles. The zero-order valence-corrected chi connectivity index (χ0v) is 89.4. The van der Waals surface area contributed by atoms with E-state index in [9.17, 15) is 13.7 Å². The largest absolute Gasteiger partial charge is 0.474 e. The second-order valence-corrected chi connectivity index (χ2v) is 87.3. The summed E-state index contributed by atoms with van der Waals surface area (Å²) in [5, 5.41) is 0. The number of phosphoric ester groups is 3. The van der Waals surface area contributed by atoms with Crippen molar-refractivity contribution in [3.63, 3.8) is 0 Å². The average Bonchev–Trinajstić information content (AvgIpc) is 1.73. The van der Waals surface area contributed by atoms with Gasteiger partial charge in [0, 0.05) is 81.9 Å². The number of ether oxygens (including phenoxy) is 7. The molecule has 5 saturated heterocycles. The molecule has 5 aliphatic heterocycles. The first kappa shape index (κ1) is 133. The van der Waals surface area contributed by atoms with Crippen LogP contribution in [0.3, 0.4) is 0 Å². The van der Waals surface area contributed by atoms with Gasteiger partial charge in [-0.1, -0.05) is 85.1 Å². The topological polar surface area (TPSA) is 242 Å². The van der Waals surface area contributed by atoms with Crippen molar-refractivity contribution in [3.05, 3.63) is 0 Å². The van der Waals surface area contributed by atoms with Gasteiger partial charge in [0.25, 0.3) is 17.1 Å². The van der Waals surface area contributed by atoms with Crippen molar-refractivity contribution in [3.8, 4) is 0 Å². The molecule has 5 rings (SSSR count). The second-order valence-electron chi connectivity index (χ2n) is 20.3. The lowest BCUT2D eigenvalue weighted by Gasteiger charge is -2.28. The summed E-state index contributed by atoms with van der Waals surface area (Å²) in [5.41, 5.74) is 0. The molecule has 638 valence electrons. The summed E-state index contributed by atoms with van der Waals surface area (Å²) in [6.07, 6.45) is -2.48. The fourth-order valence-electron chi connectivity index (χ4n) is 8.42. The second kappa shape index (κ2) is 81.0. The maximum absolute atomic E-state index is 13.5. The molecule has 35 atom stereocenters. The minimum atomic E-state index is -4.06. The fraction of sp³-hybridized carbons (Fsp3) is 1.00. The van der Waals surface area contributed by atoms with Crippen LogP contribution in [-0.2, 0) is 106 Å². The van der Waals surface area contributed by atoms with E-state index in [1.54, 1.807) is 28.4 Å². The van der Waals surface area contributed by atoms with E-state index in [1.807, 2.05) is 128 Å². The molecule has 103 heavy (non-hydrogen) atoms. The molecule has 0 aliphatic carbocycles. The van der Waals surface area contributed by atoms with Gasteiger partial charge < -0.3 is 51.3 Å². The molecule has 0 amide bonds. The van der Waals surface area contributed by atoms with E-state index in [0.29, 0.717) is 38.7 Å². The van der Waals surface area contributed by atoms with E-state index in [1.165, 1.54) is 21.3 Å². The van der Waals surface area contributed by atoms with Gasteiger partial charge in [-0.3, -0.25) is 40.7 Å². The number of rotatable bonds is 30. The standard InChI is InChI=1S/C24H48NO14P3.C17H35NO9P2.4C2H6.4CH4.5H6P4/c1-16-10-19(37-40(29-7)25(4)5)23(35-16)14-32-41(26,30-8)39-21-12-18(3)36-24(21)15-33-42(27,31-9)38-20-11-17(2)34-22(20)13-28-6;1-12-8-14(26-28(21-6)18(3)4)17(25-12)11-23-29(19,22-7)27-15-9-13(2)24-16(15)10-20-5;4*1-2;;;;;5*1-4(2)3/h16-24H,10-15H2,1-9H3;12-17H,8-11H2,1-7H3;4*1-2H3;4*1H4;5*1-3H2/t16-,17-,18-,19?,20?,21?,22+,23+,24+,40?,41?,42?;12-,13-,14?,15?,16+,17+,28?,29?;;;;;;;;;;;;;/m00............./s1. The van der Waals surface area contributed by atoms with E-state index >= 15 is 0 Å². The van der Waals surface area contributed by atoms with Crippen LogP contribution in [-0.4, -0.2) is 212 Å². The lowest BCUT2D eigenvalue weighted by atomic mass is 10.1. The SMILES string of the molecule is C.C.C.C.CC.CC.CC.CC.COC[C@H]1O[C@@H](C)CC1OP(=O)(OC)OC[C@H]1O[C@@H](C)CC1OP(=O)(OC)OC[C@H]1O[C@@H](C)CC1OP(OC)N(C)C.COC[C@H]1O[C@@H](C)CC1OP(=O)(OC)OC[C@H]1O[C@@H](C)CC1OP(OC)N(C)C.PP(P)P.PP(P)P.PP(P)P.PP(P)P.PP(P)P. The zero-order valence-electron chi connectivity index (χ0n) is 63.1. The van der Waals surface area contributed by atoms with Gasteiger partial charge >= 0.3 is 23.5 Å². The lowest BCUT2D eigenvalue weighted by molar-refractivity contribution is -0.0459. The predicted octanol–water partition coefficient (Wildman–Crippen LogP) is 23.1. The first-order valence-electron chi connectivity index (χ1n) is 31.5. The summed E-state index contributed by atoms with van der Waals surface area (Å²) in [4.78, 5) is 0. The van der Waals surface area contributed by atoms with Crippen molar-refractivity contribution in [2.24, 2.45) is 0 Å². The van der Waals surface area contributed by atoms with Gasteiger partial charge in [0.1, 0.15) is 48.8 Å². The molecule has 0 N–H and O–H groups in total. The molecule has 0 aromatic rings. The molecule has 5 heterocycles. The smallest absolute Gasteiger partial charge is 0.382 e. The van der Waals surface area contributed by atoms with E-state index < -0.39 is 83.2 Å². The third-order valence-electron chi connectivity index (χ3n) is 11.7. The molecular formula is C53H153N2O23P25. The van der Waals surface area contributed by atoms with Crippen molar-refractivity contribution in [1.82, 2.24) is 9.34 Å². The molecule has 25 unspecified atom stereocenters. The van der Waals surface area contributed by atoms with Crippen molar-refractivity contribution >= 4 is 209 Å². The van der Waals surface area contributed by atoms with Crippen LogP contribution in [0.4, 0.5) is 0 Å². The normalized spacial score (nSPS) is 27.3. The Morgan fingerprint density at radius 3 is 0.650 bits per heavy atom. The van der Waals surface area contributed by atoms with Gasteiger partial charge in [-0.15, -0.1) is 134 Å². The van der Waals surface area contributed by atoms with Crippen LogP contribution in [0.15, 0.2) is 0 Å². The summed E-state index contributed by atoms with van der Waals surface area (Å²) >= 11 is 0. The highest BCUT2D eigenvalue weighted by atomic mass is 32.7. The molecule has 25 nitrogen and oxygen atoms in total. The Hall–Kier alpha value is 9.27. The van der Waals surface area contributed by atoms with Gasteiger partial charge in [0.2, 0.25) is 0 Å². The van der Waals surface area contributed by atoms with Gasteiger partial charge in [-0.25, -0.2) is 23.0 Å². The lowest BCUT2D eigenvalue weighted by Crippen LogP contribution is -2.32. The maximum atomic E-state index is 13.5. The third kappa shape index (κ3) is 70.5. The van der Waals surface area contributed by atoms with Crippen LogP contribution in [0.5, 0.6) is 0 Å². The van der Waals surface area contributed by atoms with E-state index in [0.717, 1.165) is 0 Å². The van der Waals surface area contributed by atoms with E-state index in [4.69, 9.17) is 92.0 Å². The van der Waals surface area contributed by atoms with Crippen LogP contribution >= 0.6 is 209 Å². The molecule has 0 radical (unpaired) electrons. The van der Waals surface area contributed by atoms with Crippen LogP contribution in [0, 0.1) is 0 Å². The molecular weight excluding hydrogens is 1810 g/mol. The Kier molecular flexibility index (Phi) is 104. The highest BCUT2D eigenvalue weighted by Crippen LogP contribution is 2.62. The van der Waals surface area contributed by atoms with Crippen LogP contribution in [0.25, 0.3) is 0 Å². The fourth-order valence-corrected chi connectivity index (χ4v) is 13.9. The molecule has 5 aliphatic rings. The molecule has 0 saturated carbocycles. The van der Waals surface area contributed by atoms with Gasteiger partial charge in [-0.2, -0.15) is 0 Å². The van der Waals surface area contributed by atoms with Crippen molar-refractivity contribution in [2.75, 3.05) is 111 Å². The van der Waals surface area contributed by atoms with Crippen molar-refractivity contribution in [2.45, 2.75) is 243 Å². The van der Waals surface area contributed by atoms with Gasteiger partial charge in [0.05, 0.1) is 75.8 Å². The summed E-state index contributed by atoms with van der Waals surface area (Å²) in [6, 6.07) is 0. The van der Waals surface area contributed by atoms with Gasteiger partial charge in [0.15, 0.2) is 0 Å². The molecule has 5 fully saturated rings. The first-order valence-corrected chi connectivity index (χ1v) is 69.1. The van der Waals surface area contributed by atoms with Crippen LogP contribution in [0.2, 0.25) is 0 Å². The van der Waals surface area contributed by atoms with E-state index in [-0.39, 0.29) is 140 Å². The van der Waals surface area contributed by atoms with Gasteiger partial charge in [-0.05, 0) is 97.7 Å². The Labute approximate surface area is 674 Å². The predicted molar refractivity (Wildman–Crippen MR) is 512 cm³/mol. The maximum Gasteiger partial charge on any atom is 0.474 e. The number of phosphoric acid groups is 3. The summed E-state index contributed by atoms with van der Waals surface area (Å²) in [6.45, 7) is 26.5. The average molecular weight is 1960 g/mol. The number of nitrogens with zero attached hydrogens (tertiary/aromatic N) is 2. The molecule has 0 aromatic heterocycles. The van der Waals surface area contributed by atoms with Crippen LogP contribution in [0.1, 0.15) is 152 Å². The minimum Gasteiger partial charge on any atom is -0.382 e.